The molecule has 0 saturated heterocycles. The summed E-state index contributed by atoms with van der Waals surface area (Å²) in [4.78, 5) is 4.05. The molecule has 19 heavy (non-hydrogen) atoms. The van der Waals surface area contributed by atoms with E-state index in [9.17, 15) is 4.39 Å². The van der Waals surface area contributed by atoms with Crippen LogP contribution in [0.25, 0.3) is 0 Å². The number of pyridine rings is 1. The van der Waals surface area contributed by atoms with Crippen LogP contribution in [0.2, 0.25) is 0 Å². The molecule has 0 amide bonds. The molecule has 1 aromatic heterocycles. The molecular weight excluding hydrogens is 263 g/mol. The Bertz CT molecular complexity index is 575. The molecule has 2 aromatic rings. The van der Waals surface area contributed by atoms with E-state index in [0.717, 1.165) is 5.56 Å². The first kappa shape index (κ1) is 13.4. The SMILES string of the molecule is NC(=S)c1ccc(OCCc2cccnc2)cc1F. The molecule has 0 radical (unpaired) electrons. The Morgan fingerprint density at radius 1 is 1.37 bits per heavy atom. The van der Waals surface area contributed by atoms with Gasteiger partial charge in [0.1, 0.15) is 16.6 Å². The molecule has 0 unspecified atom stereocenters. The third-order valence-corrected chi connectivity index (χ3v) is 2.81. The molecule has 3 nitrogen and oxygen atoms in total. The van der Waals surface area contributed by atoms with Crippen LogP contribution < -0.4 is 10.5 Å². The van der Waals surface area contributed by atoms with Crippen LogP contribution in [0, 0.1) is 5.82 Å². The molecule has 1 heterocycles. The predicted molar refractivity (Wildman–Crippen MR) is 75.7 cm³/mol. The minimum atomic E-state index is -0.466. The van der Waals surface area contributed by atoms with Gasteiger partial charge in [0.2, 0.25) is 0 Å². The first-order valence-corrected chi connectivity index (χ1v) is 6.18. The van der Waals surface area contributed by atoms with Crippen LogP contribution in [0.3, 0.4) is 0 Å². The summed E-state index contributed by atoms with van der Waals surface area (Å²) in [5.41, 5.74) is 6.69. The number of hydrogen-bond donors (Lipinski definition) is 1. The van der Waals surface area contributed by atoms with E-state index < -0.39 is 5.82 Å². The summed E-state index contributed by atoms with van der Waals surface area (Å²) in [6, 6.07) is 8.30. The summed E-state index contributed by atoms with van der Waals surface area (Å²) < 4.78 is 19.1. The van der Waals surface area contributed by atoms with Crippen molar-refractivity contribution in [3.05, 3.63) is 59.7 Å². The lowest BCUT2D eigenvalue weighted by atomic mass is 10.2. The topological polar surface area (TPSA) is 48.1 Å². The van der Waals surface area contributed by atoms with E-state index in [4.69, 9.17) is 22.7 Å². The maximum absolute atomic E-state index is 13.6. The first-order chi connectivity index (χ1) is 9.16. The van der Waals surface area contributed by atoms with Crippen LogP contribution in [-0.4, -0.2) is 16.6 Å². The Labute approximate surface area is 116 Å². The number of benzene rings is 1. The van der Waals surface area contributed by atoms with Gasteiger partial charge in [-0.05, 0) is 23.8 Å². The van der Waals surface area contributed by atoms with Crippen molar-refractivity contribution in [1.82, 2.24) is 4.98 Å². The van der Waals surface area contributed by atoms with Gasteiger partial charge in [0.05, 0.1) is 6.61 Å². The fraction of sp³-hybridized carbons (Fsp3) is 0.143. The molecule has 0 aliphatic rings. The van der Waals surface area contributed by atoms with E-state index in [1.165, 1.54) is 12.1 Å². The number of aromatic nitrogens is 1. The highest BCUT2D eigenvalue weighted by atomic mass is 32.1. The third-order valence-electron chi connectivity index (χ3n) is 2.59. The Hall–Kier alpha value is -2.01. The average Bonchev–Trinajstić information content (AvgIpc) is 2.39. The summed E-state index contributed by atoms with van der Waals surface area (Å²) in [7, 11) is 0. The van der Waals surface area contributed by atoms with Crippen LogP contribution in [0.1, 0.15) is 11.1 Å². The molecule has 2 rings (SSSR count). The molecule has 0 atom stereocenters. The minimum Gasteiger partial charge on any atom is -0.493 e. The highest BCUT2D eigenvalue weighted by molar-refractivity contribution is 7.80. The Morgan fingerprint density at radius 3 is 2.84 bits per heavy atom. The van der Waals surface area contributed by atoms with Crippen LogP contribution in [-0.2, 0) is 6.42 Å². The first-order valence-electron chi connectivity index (χ1n) is 5.78. The van der Waals surface area contributed by atoms with Crippen molar-refractivity contribution in [2.45, 2.75) is 6.42 Å². The second-order valence-electron chi connectivity index (χ2n) is 3.97. The van der Waals surface area contributed by atoms with E-state index in [-0.39, 0.29) is 10.6 Å². The molecule has 0 saturated carbocycles. The predicted octanol–water partition coefficient (Wildman–Crippen LogP) is 2.48. The largest absolute Gasteiger partial charge is 0.493 e. The monoisotopic (exact) mass is 276 g/mol. The maximum atomic E-state index is 13.6. The van der Waals surface area contributed by atoms with Gasteiger partial charge in [-0.2, -0.15) is 0 Å². The molecule has 2 N–H and O–H groups in total. The smallest absolute Gasteiger partial charge is 0.137 e. The van der Waals surface area contributed by atoms with Gasteiger partial charge < -0.3 is 10.5 Å². The zero-order chi connectivity index (χ0) is 13.7. The molecule has 98 valence electrons. The van der Waals surface area contributed by atoms with E-state index in [1.807, 2.05) is 12.1 Å². The van der Waals surface area contributed by atoms with Crippen molar-refractivity contribution in [2.24, 2.45) is 5.73 Å². The van der Waals surface area contributed by atoms with Gasteiger partial charge in [-0.25, -0.2) is 4.39 Å². The molecule has 0 aliphatic carbocycles. The summed E-state index contributed by atoms with van der Waals surface area (Å²) in [6.45, 7) is 0.456. The molecule has 0 fully saturated rings. The second-order valence-corrected chi connectivity index (χ2v) is 4.41. The van der Waals surface area contributed by atoms with E-state index in [2.05, 4.69) is 4.98 Å². The summed E-state index contributed by atoms with van der Waals surface area (Å²) in [6.07, 6.45) is 4.21. The van der Waals surface area contributed by atoms with E-state index in [0.29, 0.717) is 18.8 Å². The number of thiocarbonyl (C=S) groups is 1. The number of nitrogens with zero attached hydrogens (tertiary/aromatic N) is 1. The molecule has 0 spiro atoms. The Balaban J connectivity index is 1.93. The fourth-order valence-corrected chi connectivity index (χ4v) is 1.78. The number of halogens is 1. The Morgan fingerprint density at radius 2 is 2.21 bits per heavy atom. The van der Waals surface area contributed by atoms with Crippen LogP contribution in [0.15, 0.2) is 42.7 Å². The summed E-state index contributed by atoms with van der Waals surface area (Å²) >= 11 is 4.73. The molecule has 1 aromatic carbocycles. The average molecular weight is 276 g/mol. The minimum absolute atomic E-state index is 0.0411. The standard InChI is InChI=1S/C14H13FN2OS/c15-13-8-11(3-4-12(13)14(16)19)18-7-5-10-2-1-6-17-9-10/h1-4,6,8-9H,5,7H2,(H2,16,19). The van der Waals surface area contributed by atoms with E-state index in [1.54, 1.807) is 18.5 Å². The van der Waals surface area contributed by atoms with Crippen LogP contribution >= 0.6 is 12.2 Å². The van der Waals surface area contributed by atoms with Gasteiger partial charge in [0, 0.05) is 30.4 Å². The van der Waals surface area contributed by atoms with Crippen molar-refractivity contribution in [3.63, 3.8) is 0 Å². The summed E-state index contributed by atoms with van der Waals surface area (Å²) in [5, 5.41) is 0. The van der Waals surface area contributed by atoms with Crippen LogP contribution in [0.4, 0.5) is 4.39 Å². The Kier molecular flexibility index (Phi) is 4.41. The second kappa shape index (κ2) is 6.24. The van der Waals surface area contributed by atoms with Crippen molar-refractivity contribution in [2.75, 3.05) is 6.61 Å². The van der Waals surface area contributed by atoms with Crippen molar-refractivity contribution >= 4 is 17.2 Å². The summed E-state index contributed by atoms with van der Waals surface area (Å²) in [5.74, 6) is -0.00670. The third kappa shape index (κ3) is 3.72. The maximum Gasteiger partial charge on any atom is 0.137 e. The molecule has 5 heteroatoms. The van der Waals surface area contributed by atoms with Gasteiger partial charge >= 0.3 is 0 Å². The van der Waals surface area contributed by atoms with Gasteiger partial charge in [-0.1, -0.05) is 18.3 Å². The number of ether oxygens (including phenoxy) is 1. The zero-order valence-electron chi connectivity index (χ0n) is 10.2. The lowest BCUT2D eigenvalue weighted by Crippen LogP contribution is -2.11. The van der Waals surface area contributed by atoms with Gasteiger partial charge in [-0.15, -0.1) is 0 Å². The highest BCUT2D eigenvalue weighted by Gasteiger charge is 2.06. The zero-order valence-corrected chi connectivity index (χ0v) is 11.0. The number of rotatable bonds is 5. The molecule has 0 bridgehead atoms. The lowest BCUT2D eigenvalue weighted by molar-refractivity contribution is 0.320. The molecular formula is C14H13FN2OS. The van der Waals surface area contributed by atoms with Gasteiger partial charge in [0.15, 0.2) is 0 Å². The quantitative estimate of drug-likeness (QED) is 0.852. The van der Waals surface area contributed by atoms with Crippen molar-refractivity contribution < 1.29 is 9.13 Å². The highest BCUT2D eigenvalue weighted by Crippen LogP contribution is 2.17. The van der Waals surface area contributed by atoms with E-state index >= 15 is 0 Å². The van der Waals surface area contributed by atoms with Crippen LogP contribution in [0.5, 0.6) is 5.75 Å². The normalized spacial score (nSPS) is 10.2. The number of hydrogen-bond acceptors (Lipinski definition) is 3. The van der Waals surface area contributed by atoms with Gasteiger partial charge in [-0.3, -0.25) is 4.98 Å². The van der Waals surface area contributed by atoms with Crippen molar-refractivity contribution in [1.29, 1.82) is 0 Å². The van der Waals surface area contributed by atoms with Crippen molar-refractivity contribution in [3.8, 4) is 5.75 Å². The molecule has 0 aliphatic heterocycles. The number of nitrogens with two attached hydrogens (primary N) is 1. The van der Waals surface area contributed by atoms with Gasteiger partial charge in [0.25, 0.3) is 0 Å². The fourth-order valence-electron chi connectivity index (χ4n) is 1.62. The lowest BCUT2D eigenvalue weighted by Gasteiger charge is -2.08.